The predicted molar refractivity (Wildman–Crippen MR) is 96.5 cm³/mol. The zero-order valence-electron chi connectivity index (χ0n) is 13.6. The van der Waals surface area contributed by atoms with Crippen LogP contribution < -0.4 is 4.74 Å². The van der Waals surface area contributed by atoms with Gasteiger partial charge in [0.25, 0.3) is 5.91 Å². The van der Waals surface area contributed by atoms with Crippen LogP contribution in [-0.2, 0) is 0 Å². The van der Waals surface area contributed by atoms with Crippen molar-refractivity contribution >= 4 is 21.8 Å². The molecule has 24 heavy (non-hydrogen) atoms. The SMILES string of the molecule is CN1CCCN(C(=O)c2ccc(Oc3cccc(Br)c3)nc2)CC1. The van der Waals surface area contributed by atoms with E-state index in [0.717, 1.165) is 37.1 Å². The number of nitrogens with zero attached hydrogens (tertiary/aromatic N) is 3. The number of benzene rings is 1. The Morgan fingerprint density at radius 3 is 2.79 bits per heavy atom. The van der Waals surface area contributed by atoms with Gasteiger partial charge in [0.2, 0.25) is 5.88 Å². The molecule has 1 amide bonds. The molecule has 0 atom stereocenters. The number of hydrogen-bond donors (Lipinski definition) is 0. The first-order valence-electron chi connectivity index (χ1n) is 7.99. The summed E-state index contributed by atoms with van der Waals surface area (Å²) >= 11 is 3.41. The molecule has 3 rings (SSSR count). The molecule has 0 spiro atoms. The third kappa shape index (κ3) is 4.33. The molecule has 1 aromatic heterocycles. The Morgan fingerprint density at radius 1 is 1.17 bits per heavy atom. The first kappa shape index (κ1) is 16.9. The molecule has 2 heterocycles. The van der Waals surface area contributed by atoms with Crippen molar-refractivity contribution in [3.05, 3.63) is 52.6 Å². The molecule has 5 nitrogen and oxygen atoms in total. The van der Waals surface area contributed by atoms with Gasteiger partial charge in [0, 0.05) is 36.4 Å². The zero-order chi connectivity index (χ0) is 16.9. The Kier molecular flexibility index (Phi) is 5.48. The van der Waals surface area contributed by atoms with Crippen molar-refractivity contribution in [3.63, 3.8) is 0 Å². The summed E-state index contributed by atoms with van der Waals surface area (Å²) in [5.74, 6) is 1.21. The van der Waals surface area contributed by atoms with Crippen LogP contribution in [0.15, 0.2) is 47.1 Å². The van der Waals surface area contributed by atoms with Crippen LogP contribution in [-0.4, -0.2) is 53.9 Å². The van der Waals surface area contributed by atoms with E-state index in [9.17, 15) is 4.79 Å². The van der Waals surface area contributed by atoms with Crippen LogP contribution in [0.5, 0.6) is 11.6 Å². The first-order chi connectivity index (χ1) is 11.6. The Hall–Kier alpha value is -1.92. The Morgan fingerprint density at radius 2 is 2.04 bits per heavy atom. The number of halogens is 1. The van der Waals surface area contributed by atoms with Gasteiger partial charge in [-0.25, -0.2) is 4.98 Å². The Balaban J connectivity index is 1.66. The van der Waals surface area contributed by atoms with E-state index in [0.29, 0.717) is 17.2 Å². The van der Waals surface area contributed by atoms with Crippen LogP contribution in [0.25, 0.3) is 0 Å². The molecule has 1 fully saturated rings. The van der Waals surface area contributed by atoms with E-state index >= 15 is 0 Å². The van der Waals surface area contributed by atoms with E-state index in [-0.39, 0.29) is 5.91 Å². The largest absolute Gasteiger partial charge is 0.439 e. The van der Waals surface area contributed by atoms with Crippen molar-refractivity contribution < 1.29 is 9.53 Å². The van der Waals surface area contributed by atoms with Gasteiger partial charge in [0.1, 0.15) is 5.75 Å². The molecule has 0 N–H and O–H groups in total. The second-order valence-corrected chi connectivity index (χ2v) is 6.81. The van der Waals surface area contributed by atoms with Crippen molar-refractivity contribution in [1.29, 1.82) is 0 Å². The van der Waals surface area contributed by atoms with Crippen molar-refractivity contribution in [1.82, 2.24) is 14.8 Å². The van der Waals surface area contributed by atoms with Gasteiger partial charge < -0.3 is 14.5 Å². The van der Waals surface area contributed by atoms with Crippen LogP contribution >= 0.6 is 15.9 Å². The maximum Gasteiger partial charge on any atom is 0.255 e. The maximum atomic E-state index is 12.6. The molecule has 0 aliphatic carbocycles. The number of pyridine rings is 1. The molecule has 0 unspecified atom stereocenters. The standard InChI is InChI=1S/C18H20BrN3O2/c1-21-8-3-9-22(11-10-21)18(23)14-6-7-17(20-13-14)24-16-5-2-4-15(19)12-16/h2,4-7,12-13H,3,8-11H2,1H3. The normalized spacial score (nSPS) is 15.8. The molecule has 0 bridgehead atoms. The van der Waals surface area contributed by atoms with Crippen LogP contribution in [0, 0.1) is 0 Å². The molecule has 6 heteroatoms. The summed E-state index contributed by atoms with van der Waals surface area (Å²) in [6, 6.07) is 11.1. The summed E-state index contributed by atoms with van der Waals surface area (Å²) in [5, 5.41) is 0. The molecular formula is C18H20BrN3O2. The minimum absolute atomic E-state index is 0.0341. The van der Waals surface area contributed by atoms with E-state index in [4.69, 9.17) is 4.74 Å². The third-order valence-corrected chi connectivity index (χ3v) is 4.50. The number of carbonyl (C=O) groups is 1. The summed E-state index contributed by atoms with van der Waals surface area (Å²) in [4.78, 5) is 21.0. The fourth-order valence-electron chi connectivity index (χ4n) is 2.65. The van der Waals surface area contributed by atoms with Gasteiger partial charge >= 0.3 is 0 Å². The molecular weight excluding hydrogens is 370 g/mol. The number of amides is 1. The van der Waals surface area contributed by atoms with Crippen molar-refractivity contribution in [2.24, 2.45) is 0 Å². The lowest BCUT2D eigenvalue weighted by atomic mass is 10.2. The molecule has 126 valence electrons. The number of rotatable bonds is 3. The first-order valence-corrected chi connectivity index (χ1v) is 8.78. The van der Waals surface area contributed by atoms with Gasteiger partial charge in [0.05, 0.1) is 5.56 Å². The smallest absolute Gasteiger partial charge is 0.255 e. The van der Waals surface area contributed by atoms with Crippen molar-refractivity contribution in [2.45, 2.75) is 6.42 Å². The summed E-state index contributed by atoms with van der Waals surface area (Å²) in [7, 11) is 2.09. The van der Waals surface area contributed by atoms with Gasteiger partial charge in [-0.15, -0.1) is 0 Å². The van der Waals surface area contributed by atoms with E-state index in [1.807, 2.05) is 29.2 Å². The van der Waals surface area contributed by atoms with Gasteiger partial charge in [-0.05, 0) is 44.3 Å². The lowest BCUT2D eigenvalue weighted by molar-refractivity contribution is 0.0762. The highest BCUT2D eigenvalue weighted by atomic mass is 79.9. The van der Waals surface area contributed by atoms with E-state index in [2.05, 4.69) is 32.9 Å². The average molecular weight is 390 g/mol. The Labute approximate surface area is 150 Å². The maximum absolute atomic E-state index is 12.6. The molecule has 1 aromatic carbocycles. The number of hydrogen-bond acceptors (Lipinski definition) is 4. The fraction of sp³-hybridized carbons (Fsp3) is 0.333. The highest BCUT2D eigenvalue weighted by molar-refractivity contribution is 9.10. The number of likely N-dealkylation sites (N-methyl/N-ethyl adjacent to an activating group) is 1. The second kappa shape index (κ2) is 7.77. The molecule has 0 radical (unpaired) electrons. The molecule has 2 aromatic rings. The van der Waals surface area contributed by atoms with Crippen LogP contribution in [0.4, 0.5) is 0 Å². The van der Waals surface area contributed by atoms with E-state index in [1.165, 1.54) is 0 Å². The number of ether oxygens (including phenoxy) is 1. The van der Waals surface area contributed by atoms with Gasteiger partial charge in [-0.1, -0.05) is 22.0 Å². The summed E-state index contributed by atoms with van der Waals surface area (Å²) < 4.78 is 6.64. The van der Waals surface area contributed by atoms with Crippen LogP contribution in [0.1, 0.15) is 16.8 Å². The molecule has 1 aliphatic rings. The molecule has 0 saturated carbocycles. The highest BCUT2D eigenvalue weighted by Gasteiger charge is 2.19. The Bertz CT molecular complexity index is 706. The minimum Gasteiger partial charge on any atom is -0.439 e. The zero-order valence-corrected chi connectivity index (χ0v) is 15.2. The lowest BCUT2D eigenvalue weighted by Gasteiger charge is -2.20. The predicted octanol–water partition coefficient (Wildman–Crippen LogP) is 3.41. The minimum atomic E-state index is 0.0341. The molecule has 1 saturated heterocycles. The summed E-state index contributed by atoms with van der Waals surface area (Å²) in [5.41, 5.74) is 0.598. The monoisotopic (exact) mass is 389 g/mol. The highest BCUT2D eigenvalue weighted by Crippen LogP contribution is 2.23. The van der Waals surface area contributed by atoms with E-state index < -0.39 is 0 Å². The van der Waals surface area contributed by atoms with Crippen LogP contribution in [0.3, 0.4) is 0 Å². The van der Waals surface area contributed by atoms with Crippen molar-refractivity contribution in [3.8, 4) is 11.6 Å². The average Bonchev–Trinajstić information content (AvgIpc) is 2.80. The van der Waals surface area contributed by atoms with Gasteiger partial charge in [-0.2, -0.15) is 0 Å². The summed E-state index contributed by atoms with van der Waals surface area (Å²) in [6.45, 7) is 3.48. The van der Waals surface area contributed by atoms with E-state index in [1.54, 1.807) is 18.3 Å². The summed E-state index contributed by atoms with van der Waals surface area (Å²) in [6.07, 6.45) is 2.59. The van der Waals surface area contributed by atoms with Crippen LogP contribution in [0.2, 0.25) is 0 Å². The second-order valence-electron chi connectivity index (χ2n) is 5.89. The topological polar surface area (TPSA) is 45.7 Å². The number of aromatic nitrogens is 1. The fourth-order valence-corrected chi connectivity index (χ4v) is 3.03. The number of carbonyl (C=O) groups excluding carboxylic acids is 1. The third-order valence-electron chi connectivity index (χ3n) is 4.01. The van der Waals surface area contributed by atoms with Gasteiger partial charge in [-0.3, -0.25) is 4.79 Å². The quantitative estimate of drug-likeness (QED) is 0.806. The lowest BCUT2D eigenvalue weighted by Crippen LogP contribution is -2.34. The van der Waals surface area contributed by atoms with Gasteiger partial charge in [0.15, 0.2) is 0 Å². The molecule has 1 aliphatic heterocycles. The van der Waals surface area contributed by atoms with Crippen molar-refractivity contribution in [2.75, 3.05) is 33.2 Å².